The van der Waals surface area contributed by atoms with Crippen LogP contribution in [0.2, 0.25) is 0 Å². The first-order chi connectivity index (χ1) is 12.8. The molecule has 0 aromatic heterocycles. The van der Waals surface area contributed by atoms with Crippen LogP contribution in [0.3, 0.4) is 0 Å². The number of carbonyl (C=O) groups is 1. The fourth-order valence-corrected chi connectivity index (χ4v) is 6.85. The highest BCUT2D eigenvalue weighted by atomic mass is 32.2. The number of fused-ring (bicyclic) bond motifs is 2. The molecular formula is C18H25NO7S2. The van der Waals surface area contributed by atoms with Crippen LogP contribution in [0.15, 0.2) is 35.2 Å². The van der Waals surface area contributed by atoms with Crippen molar-refractivity contribution in [2.24, 2.45) is 0 Å². The highest BCUT2D eigenvalue weighted by molar-refractivity contribution is 7.92. The molecule has 4 atom stereocenters. The molecule has 2 heterocycles. The van der Waals surface area contributed by atoms with Gasteiger partial charge in [-0.25, -0.2) is 13.2 Å². The molecule has 3 rings (SSSR count). The number of benzene rings is 1. The zero-order chi connectivity index (χ0) is 20.9. The monoisotopic (exact) mass is 431 g/mol. The third-order valence-corrected chi connectivity index (χ3v) is 7.68. The molecule has 2 aliphatic heterocycles. The highest BCUT2D eigenvalue weighted by Gasteiger charge is 2.62. The van der Waals surface area contributed by atoms with Gasteiger partial charge in [-0.05, 0) is 45.7 Å². The lowest BCUT2D eigenvalue weighted by atomic mass is 9.97. The van der Waals surface area contributed by atoms with Crippen LogP contribution < -0.4 is 0 Å². The van der Waals surface area contributed by atoms with Crippen LogP contribution in [0.25, 0.3) is 0 Å². The molecule has 2 aliphatic rings. The number of hydrogen-bond acceptors (Lipinski definition) is 7. The van der Waals surface area contributed by atoms with Gasteiger partial charge in [0.1, 0.15) is 17.0 Å². The number of hydrogen-bond donors (Lipinski definition) is 0. The first-order valence-corrected chi connectivity index (χ1v) is 12.4. The third kappa shape index (κ3) is 4.04. The summed E-state index contributed by atoms with van der Waals surface area (Å²) in [4.78, 5) is 14.2. The van der Waals surface area contributed by atoms with Gasteiger partial charge in [-0.1, -0.05) is 18.2 Å². The molecule has 2 saturated heterocycles. The highest BCUT2D eigenvalue weighted by Crippen LogP contribution is 2.45. The molecule has 0 saturated carbocycles. The molecule has 0 unspecified atom stereocenters. The molecule has 0 N–H and O–H groups in total. The lowest BCUT2D eigenvalue weighted by Crippen LogP contribution is -2.45. The molecule has 2 fully saturated rings. The van der Waals surface area contributed by atoms with Gasteiger partial charge in [0.15, 0.2) is 9.84 Å². The minimum Gasteiger partial charge on any atom is -0.444 e. The van der Waals surface area contributed by atoms with Gasteiger partial charge in [0, 0.05) is 0 Å². The van der Waals surface area contributed by atoms with Gasteiger partial charge in [-0.3, -0.25) is 9.08 Å². The Morgan fingerprint density at radius 2 is 1.61 bits per heavy atom. The standard InChI is InChI=1S/C18H25NO7S2/c1-18(2,3)25-17(20)19-13-10-11-14(19)16(15(13)26-27(4,21)22)28(23,24)12-8-6-5-7-9-12/h5-9,13-16H,10-11H2,1-4H3/t13-,14+,15-,16+/m0/s1. The summed E-state index contributed by atoms with van der Waals surface area (Å²) in [6.07, 6.45) is -0.0719. The first-order valence-electron chi connectivity index (χ1n) is 9.00. The molecule has 1 aromatic rings. The fourth-order valence-electron chi connectivity index (χ4n) is 4.01. The SMILES string of the molecule is CC(C)(C)OC(=O)N1[C@@H]2CC[C@H]1[C@H](OS(C)(=O)=O)[C@@H]2S(=O)(=O)c1ccccc1. The molecule has 8 nitrogen and oxygen atoms in total. The van der Waals surface area contributed by atoms with Gasteiger partial charge in [0.2, 0.25) is 0 Å². The molecule has 0 aliphatic carbocycles. The van der Waals surface area contributed by atoms with Crippen molar-refractivity contribution < 1.29 is 30.6 Å². The Bertz CT molecular complexity index is 951. The summed E-state index contributed by atoms with van der Waals surface area (Å²) in [5, 5.41) is -1.18. The van der Waals surface area contributed by atoms with E-state index in [2.05, 4.69) is 0 Å². The Balaban J connectivity index is 2.03. The maximum atomic E-state index is 13.3. The second-order valence-electron chi connectivity index (χ2n) is 8.19. The van der Waals surface area contributed by atoms with E-state index in [-0.39, 0.29) is 4.90 Å². The van der Waals surface area contributed by atoms with E-state index in [0.717, 1.165) is 6.26 Å². The van der Waals surface area contributed by atoms with Gasteiger partial charge in [0.25, 0.3) is 10.1 Å². The molecule has 28 heavy (non-hydrogen) atoms. The van der Waals surface area contributed by atoms with Crippen molar-refractivity contribution in [3.8, 4) is 0 Å². The normalized spacial score (nSPS) is 27.8. The predicted molar refractivity (Wildman–Crippen MR) is 102 cm³/mol. The Kier molecular flexibility index (Phi) is 5.26. The van der Waals surface area contributed by atoms with Gasteiger partial charge in [0.05, 0.1) is 23.2 Å². The first kappa shape index (κ1) is 21.1. The molecule has 1 aromatic carbocycles. The number of sulfone groups is 1. The van der Waals surface area contributed by atoms with E-state index in [1.54, 1.807) is 39.0 Å². The summed E-state index contributed by atoms with van der Waals surface area (Å²) < 4.78 is 60.9. The Morgan fingerprint density at radius 3 is 2.14 bits per heavy atom. The van der Waals surface area contributed by atoms with Crippen molar-refractivity contribution in [2.75, 3.05) is 6.26 Å². The summed E-state index contributed by atoms with van der Waals surface area (Å²) in [5.41, 5.74) is -0.764. The third-order valence-electron chi connectivity index (χ3n) is 4.88. The van der Waals surface area contributed by atoms with Crippen LogP contribution in [-0.2, 0) is 28.9 Å². The second-order valence-corrected chi connectivity index (χ2v) is 11.9. The van der Waals surface area contributed by atoms with Crippen LogP contribution in [0.4, 0.5) is 4.79 Å². The van der Waals surface area contributed by atoms with E-state index in [9.17, 15) is 21.6 Å². The maximum absolute atomic E-state index is 13.3. The molecule has 10 heteroatoms. The zero-order valence-corrected chi connectivity index (χ0v) is 17.9. The van der Waals surface area contributed by atoms with Crippen LogP contribution >= 0.6 is 0 Å². The van der Waals surface area contributed by atoms with Crippen molar-refractivity contribution in [3.05, 3.63) is 30.3 Å². The lowest BCUT2D eigenvalue weighted by Gasteiger charge is -2.27. The number of carbonyl (C=O) groups excluding carboxylic acids is 1. The van der Waals surface area contributed by atoms with Crippen LogP contribution in [0.1, 0.15) is 33.6 Å². The molecule has 0 radical (unpaired) electrons. The smallest absolute Gasteiger partial charge is 0.410 e. The number of rotatable bonds is 4. The predicted octanol–water partition coefficient (Wildman–Crippen LogP) is 1.96. The van der Waals surface area contributed by atoms with Crippen molar-refractivity contribution in [1.29, 1.82) is 0 Å². The number of nitrogens with zero attached hydrogens (tertiary/aromatic N) is 1. The number of amides is 1. The van der Waals surface area contributed by atoms with E-state index >= 15 is 0 Å². The van der Waals surface area contributed by atoms with Crippen molar-refractivity contribution in [1.82, 2.24) is 4.90 Å². The van der Waals surface area contributed by atoms with Crippen LogP contribution in [-0.4, -0.2) is 63.1 Å². The van der Waals surface area contributed by atoms with E-state index in [0.29, 0.717) is 12.8 Å². The number of ether oxygens (including phenoxy) is 1. The topological polar surface area (TPSA) is 107 Å². The quantitative estimate of drug-likeness (QED) is 0.671. The van der Waals surface area contributed by atoms with Crippen LogP contribution in [0, 0.1) is 0 Å². The fraction of sp³-hybridized carbons (Fsp3) is 0.611. The van der Waals surface area contributed by atoms with Gasteiger partial charge in [-0.15, -0.1) is 0 Å². The Morgan fingerprint density at radius 1 is 1.04 bits per heavy atom. The maximum Gasteiger partial charge on any atom is 0.410 e. The van der Waals surface area contributed by atoms with Crippen LogP contribution in [0.5, 0.6) is 0 Å². The second kappa shape index (κ2) is 7.00. The molecule has 1 amide bonds. The summed E-state index contributed by atoms with van der Waals surface area (Å²) in [6, 6.07) is 6.40. The molecule has 156 valence electrons. The van der Waals surface area contributed by atoms with Gasteiger partial charge < -0.3 is 4.74 Å². The van der Waals surface area contributed by atoms with E-state index in [4.69, 9.17) is 8.92 Å². The molecule has 2 bridgehead atoms. The van der Waals surface area contributed by atoms with Gasteiger partial charge in [-0.2, -0.15) is 8.42 Å². The van der Waals surface area contributed by atoms with Crippen molar-refractivity contribution >= 4 is 26.0 Å². The van der Waals surface area contributed by atoms with E-state index in [1.165, 1.54) is 17.0 Å². The van der Waals surface area contributed by atoms with Gasteiger partial charge >= 0.3 is 6.09 Å². The van der Waals surface area contributed by atoms with E-state index in [1.807, 2.05) is 0 Å². The summed E-state index contributed by atoms with van der Waals surface area (Å²) in [7, 11) is -7.87. The largest absolute Gasteiger partial charge is 0.444 e. The summed E-state index contributed by atoms with van der Waals surface area (Å²) in [5.74, 6) is 0. The lowest BCUT2D eigenvalue weighted by molar-refractivity contribution is 0.0183. The minimum absolute atomic E-state index is 0.0683. The molecule has 0 spiro atoms. The molecular weight excluding hydrogens is 406 g/mol. The average molecular weight is 432 g/mol. The summed E-state index contributed by atoms with van der Waals surface area (Å²) in [6.45, 7) is 5.14. The van der Waals surface area contributed by atoms with Crippen molar-refractivity contribution in [2.45, 2.75) is 67.5 Å². The van der Waals surface area contributed by atoms with E-state index < -0.39 is 55.1 Å². The Hall–Kier alpha value is -1.65. The van der Waals surface area contributed by atoms with Crippen molar-refractivity contribution in [3.63, 3.8) is 0 Å². The zero-order valence-electron chi connectivity index (χ0n) is 16.2. The minimum atomic E-state index is -3.94. The summed E-state index contributed by atoms with van der Waals surface area (Å²) >= 11 is 0. The Labute approximate surface area is 165 Å². The average Bonchev–Trinajstić information content (AvgIpc) is 3.08.